The summed E-state index contributed by atoms with van der Waals surface area (Å²) in [6.07, 6.45) is 0. The molecule has 0 bridgehead atoms. The van der Waals surface area contributed by atoms with Gasteiger partial charge >= 0.3 is 0 Å². The largest absolute Gasteiger partial charge is 0.330 e. The number of amides is 1. The van der Waals surface area contributed by atoms with Crippen LogP contribution in [0.4, 0.5) is 0 Å². The lowest BCUT2D eigenvalue weighted by Gasteiger charge is -2.11. The first kappa shape index (κ1) is 12.7. The maximum absolute atomic E-state index is 11.0. The van der Waals surface area contributed by atoms with E-state index in [1.54, 1.807) is 11.8 Å². The van der Waals surface area contributed by atoms with E-state index in [0.717, 1.165) is 11.5 Å². The van der Waals surface area contributed by atoms with Crippen LogP contribution in [0.25, 0.3) is 0 Å². The first-order chi connectivity index (χ1) is 6.11. The number of hydrogen-bond donors (Lipinski definition) is 3. The molecular weight excluding hydrogens is 186 g/mol. The maximum Gasteiger partial charge on any atom is 0.237 e. The SMILES string of the molecule is CC(CN)CSCC(C)C(=O)NN. The molecule has 78 valence electrons. The Morgan fingerprint density at radius 2 is 2.08 bits per heavy atom. The number of thioether (sulfide) groups is 1. The normalized spacial score (nSPS) is 15.1. The van der Waals surface area contributed by atoms with Crippen LogP contribution in [0.15, 0.2) is 0 Å². The van der Waals surface area contributed by atoms with Crippen LogP contribution in [-0.4, -0.2) is 24.0 Å². The highest BCUT2D eigenvalue weighted by Gasteiger charge is 2.11. The fourth-order valence-electron chi connectivity index (χ4n) is 0.732. The Balaban J connectivity index is 3.47. The molecule has 0 aliphatic rings. The zero-order valence-electron chi connectivity index (χ0n) is 8.25. The summed E-state index contributed by atoms with van der Waals surface area (Å²) in [5.41, 5.74) is 7.60. The Kier molecular flexibility index (Phi) is 7.03. The van der Waals surface area contributed by atoms with E-state index < -0.39 is 0 Å². The molecule has 0 rings (SSSR count). The number of hydrazine groups is 1. The van der Waals surface area contributed by atoms with Crippen LogP contribution >= 0.6 is 11.8 Å². The molecule has 0 aromatic rings. The van der Waals surface area contributed by atoms with E-state index in [4.69, 9.17) is 11.6 Å². The molecule has 5 N–H and O–H groups in total. The van der Waals surface area contributed by atoms with Crippen molar-refractivity contribution in [3.63, 3.8) is 0 Å². The van der Waals surface area contributed by atoms with Crippen molar-refractivity contribution in [3.05, 3.63) is 0 Å². The average molecular weight is 205 g/mol. The van der Waals surface area contributed by atoms with Crippen LogP contribution in [0, 0.1) is 11.8 Å². The van der Waals surface area contributed by atoms with E-state index in [-0.39, 0.29) is 11.8 Å². The number of rotatable bonds is 6. The lowest BCUT2D eigenvalue weighted by molar-refractivity contribution is -0.123. The van der Waals surface area contributed by atoms with E-state index in [1.807, 2.05) is 6.92 Å². The summed E-state index contributed by atoms with van der Waals surface area (Å²) < 4.78 is 0. The van der Waals surface area contributed by atoms with E-state index >= 15 is 0 Å². The molecule has 0 saturated carbocycles. The molecule has 0 aromatic heterocycles. The summed E-state index contributed by atoms with van der Waals surface area (Å²) in [5, 5.41) is 0. The second-order valence-corrected chi connectivity index (χ2v) is 4.36. The van der Waals surface area contributed by atoms with E-state index in [2.05, 4.69) is 12.3 Å². The third-order valence-electron chi connectivity index (χ3n) is 1.76. The summed E-state index contributed by atoms with van der Waals surface area (Å²) in [7, 11) is 0. The highest BCUT2D eigenvalue weighted by Crippen LogP contribution is 2.11. The zero-order chi connectivity index (χ0) is 10.3. The fourth-order valence-corrected chi connectivity index (χ4v) is 1.91. The molecule has 5 heteroatoms. The van der Waals surface area contributed by atoms with Gasteiger partial charge in [0.25, 0.3) is 0 Å². The Morgan fingerprint density at radius 3 is 2.54 bits per heavy atom. The predicted molar refractivity (Wildman–Crippen MR) is 57.0 cm³/mol. The minimum atomic E-state index is -0.104. The molecular formula is C8H19N3OS. The van der Waals surface area contributed by atoms with Crippen molar-refractivity contribution < 1.29 is 4.79 Å². The van der Waals surface area contributed by atoms with Crippen molar-refractivity contribution in [1.82, 2.24) is 5.43 Å². The van der Waals surface area contributed by atoms with Gasteiger partial charge in [-0.2, -0.15) is 11.8 Å². The van der Waals surface area contributed by atoms with E-state index in [1.165, 1.54) is 0 Å². The van der Waals surface area contributed by atoms with Gasteiger partial charge in [-0.3, -0.25) is 10.2 Å². The number of carbonyl (C=O) groups is 1. The minimum absolute atomic E-state index is 0.0278. The molecule has 4 nitrogen and oxygen atoms in total. The molecule has 0 fully saturated rings. The predicted octanol–water partition coefficient (Wildman–Crippen LogP) is -0.0596. The summed E-state index contributed by atoms with van der Waals surface area (Å²) >= 11 is 1.74. The second kappa shape index (κ2) is 7.17. The van der Waals surface area contributed by atoms with Crippen molar-refractivity contribution in [3.8, 4) is 0 Å². The third kappa shape index (κ3) is 5.90. The van der Waals surface area contributed by atoms with Crippen molar-refractivity contribution in [2.24, 2.45) is 23.4 Å². The summed E-state index contributed by atoms with van der Waals surface area (Å²) in [6, 6.07) is 0. The van der Waals surface area contributed by atoms with Gasteiger partial charge in [0, 0.05) is 11.7 Å². The molecule has 0 spiro atoms. The molecule has 13 heavy (non-hydrogen) atoms. The van der Waals surface area contributed by atoms with Gasteiger partial charge in [0.2, 0.25) is 5.91 Å². The standard InChI is InChI=1S/C8H19N3OS/c1-6(3-9)4-13-5-7(2)8(12)11-10/h6-7H,3-5,9-10H2,1-2H3,(H,11,12). The topological polar surface area (TPSA) is 81.1 Å². The zero-order valence-corrected chi connectivity index (χ0v) is 9.06. The lowest BCUT2D eigenvalue weighted by atomic mass is 10.2. The summed E-state index contributed by atoms with van der Waals surface area (Å²) in [5.74, 6) is 7.18. The summed E-state index contributed by atoms with van der Waals surface area (Å²) in [4.78, 5) is 11.0. The van der Waals surface area contributed by atoms with Crippen molar-refractivity contribution in [2.45, 2.75) is 13.8 Å². The first-order valence-corrected chi connectivity index (χ1v) is 5.55. The van der Waals surface area contributed by atoms with Gasteiger partial charge in [0.05, 0.1) is 0 Å². The van der Waals surface area contributed by atoms with Crippen LogP contribution in [0.5, 0.6) is 0 Å². The molecule has 0 aromatic carbocycles. The first-order valence-electron chi connectivity index (χ1n) is 4.40. The second-order valence-electron chi connectivity index (χ2n) is 3.29. The number of carbonyl (C=O) groups excluding carboxylic acids is 1. The molecule has 0 saturated heterocycles. The average Bonchev–Trinajstić information content (AvgIpc) is 2.15. The Bertz CT molecular complexity index is 154. The number of hydrogen-bond acceptors (Lipinski definition) is 4. The van der Waals surface area contributed by atoms with E-state index in [0.29, 0.717) is 12.5 Å². The van der Waals surface area contributed by atoms with Crippen LogP contribution < -0.4 is 17.0 Å². The van der Waals surface area contributed by atoms with Gasteiger partial charge in [0.1, 0.15) is 0 Å². The van der Waals surface area contributed by atoms with Gasteiger partial charge in [0.15, 0.2) is 0 Å². The molecule has 2 atom stereocenters. The Hall–Kier alpha value is -0.260. The Labute approximate surface area is 83.8 Å². The third-order valence-corrected chi connectivity index (χ3v) is 3.30. The highest BCUT2D eigenvalue weighted by molar-refractivity contribution is 7.99. The summed E-state index contributed by atoms with van der Waals surface area (Å²) in [6.45, 7) is 4.66. The van der Waals surface area contributed by atoms with Gasteiger partial charge in [-0.25, -0.2) is 5.84 Å². The van der Waals surface area contributed by atoms with Crippen LogP contribution in [0.3, 0.4) is 0 Å². The molecule has 2 unspecified atom stereocenters. The molecule has 0 aliphatic carbocycles. The van der Waals surface area contributed by atoms with Crippen molar-refractivity contribution in [2.75, 3.05) is 18.1 Å². The lowest BCUT2D eigenvalue weighted by Crippen LogP contribution is -2.35. The number of nitrogens with one attached hydrogen (secondary N) is 1. The van der Waals surface area contributed by atoms with E-state index in [9.17, 15) is 4.79 Å². The monoisotopic (exact) mass is 205 g/mol. The quantitative estimate of drug-likeness (QED) is 0.322. The smallest absolute Gasteiger partial charge is 0.237 e. The van der Waals surface area contributed by atoms with Crippen LogP contribution in [0.2, 0.25) is 0 Å². The van der Waals surface area contributed by atoms with Crippen molar-refractivity contribution >= 4 is 17.7 Å². The maximum atomic E-state index is 11.0. The molecule has 0 aliphatic heterocycles. The van der Waals surface area contributed by atoms with Gasteiger partial charge in [-0.1, -0.05) is 13.8 Å². The Morgan fingerprint density at radius 1 is 1.46 bits per heavy atom. The molecule has 1 amide bonds. The van der Waals surface area contributed by atoms with Gasteiger partial charge < -0.3 is 5.73 Å². The van der Waals surface area contributed by atoms with Crippen LogP contribution in [-0.2, 0) is 4.79 Å². The van der Waals surface area contributed by atoms with Crippen LogP contribution in [0.1, 0.15) is 13.8 Å². The minimum Gasteiger partial charge on any atom is -0.330 e. The van der Waals surface area contributed by atoms with Gasteiger partial charge in [-0.15, -0.1) is 0 Å². The highest BCUT2D eigenvalue weighted by atomic mass is 32.2. The molecule has 0 heterocycles. The number of nitrogens with two attached hydrogens (primary N) is 2. The fraction of sp³-hybridized carbons (Fsp3) is 0.875. The molecule has 0 radical (unpaired) electrons. The van der Waals surface area contributed by atoms with Gasteiger partial charge in [-0.05, 0) is 18.2 Å². The van der Waals surface area contributed by atoms with Crippen molar-refractivity contribution in [1.29, 1.82) is 0 Å².